The summed E-state index contributed by atoms with van der Waals surface area (Å²) in [5.74, 6) is -0.699. The third-order valence-electron chi connectivity index (χ3n) is 15.8. The molecule has 0 bridgehead atoms. The third kappa shape index (κ3) is 40.1. The van der Waals surface area contributed by atoms with Gasteiger partial charge in [-0.15, -0.1) is 0 Å². The minimum Gasteiger partial charge on any atom is -0.394 e. The van der Waals surface area contributed by atoms with Gasteiger partial charge in [0.15, 0.2) is 6.29 Å². The van der Waals surface area contributed by atoms with E-state index >= 15 is 0 Å². The maximum absolute atomic E-state index is 13.2. The Morgan fingerprint density at radius 3 is 1.16 bits per heavy atom. The normalized spacial score (nSPS) is 19.8. The van der Waals surface area contributed by atoms with Crippen molar-refractivity contribution >= 4 is 5.91 Å². The molecule has 1 fully saturated rings. The van der Waals surface area contributed by atoms with Gasteiger partial charge in [-0.2, -0.15) is 0 Å². The first-order chi connectivity index (χ1) is 36.2. The fraction of sp³-hybridized carbons (Fsp3) is 0.952. The lowest BCUT2D eigenvalue weighted by Crippen LogP contribution is -2.60. The molecular formula is C63H123NO10. The molecular weight excluding hydrogens is 931 g/mol. The van der Waals surface area contributed by atoms with E-state index in [1.165, 1.54) is 238 Å². The van der Waals surface area contributed by atoms with Crippen LogP contribution in [0.25, 0.3) is 0 Å². The van der Waals surface area contributed by atoms with Crippen molar-refractivity contribution in [1.82, 2.24) is 5.32 Å². The van der Waals surface area contributed by atoms with Crippen LogP contribution in [-0.2, 0) is 14.3 Å². The number of ether oxygens (including phenoxy) is 2. The van der Waals surface area contributed by atoms with E-state index < -0.39 is 74.2 Å². The Hall–Kier alpha value is -1.15. The van der Waals surface area contributed by atoms with Gasteiger partial charge < -0.3 is 50.5 Å². The van der Waals surface area contributed by atoms with Crippen molar-refractivity contribution in [3.63, 3.8) is 0 Å². The Kier molecular flexibility index (Phi) is 50.3. The van der Waals surface area contributed by atoms with E-state index in [0.717, 1.165) is 38.5 Å². The Bertz CT molecular complexity index is 1210. The molecule has 0 radical (unpaired) electrons. The third-order valence-corrected chi connectivity index (χ3v) is 15.8. The van der Waals surface area contributed by atoms with Gasteiger partial charge in [0.2, 0.25) is 5.91 Å². The topological polar surface area (TPSA) is 189 Å². The number of hydrogen-bond donors (Lipinski definition) is 8. The number of hydrogen-bond acceptors (Lipinski definition) is 10. The summed E-state index contributed by atoms with van der Waals surface area (Å²) >= 11 is 0. The highest BCUT2D eigenvalue weighted by molar-refractivity contribution is 5.80. The minimum absolute atomic E-state index is 0.260. The molecule has 9 atom stereocenters. The highest BCUT2D eigenvalue weighted by Crippen LogP contribution is 2.24. The predicted octanol–water partition coefficient (Wildman–Crippen LogP) is 14.3. The Labute approximate surface area is 455 Å². The maximum atomic E-state index is 13.2. The quantitative estimate of drug-likeness (QED) is 0.0215. The van der Waals surface area contributed by atoms with Crippen LogP contribution in [0.5, 0.6) is 0 Å². The molecule has 11 nitrogen and oxygen atoms in total. The monoisotopic (exact) mass is 1050 g/mol. The van der Waals surface area contributed by atoms with Crippen molar-refractivity contribution in [3.8, 4) is 0 Å². The maximum Gasteiger partial charge on any atom is 0.249 e. The van der Waals surface area contributed by atoms with Crippen molar-refractivity contribution in [3.05, 3.63) is 12.2 Å². The lowest BCUT2D eigenvalue weighted by atomic mass is 9.98. The molecule has 0 aromatic carbocycles. The minimum atomic E-state index is -1.67. The number of nitrogens with one attached hydrogen (secondary N) is 1. The summed E-state index contributed by atoms with van der Waals surface area (Å²) in [6.45, 7) is 3.49. The number of allylic oxidation sites excluding steroid dienone is 2. The Morgan fingerprint density at radius 1 is 0.459 bits per heavy atom. The van der Waals surface area contributed by atoms with Crippen LogP contribution in [0.2, 0.25) is 0 Å². The van der Waals surface area contributed by atoms with Crippen molar-refractivity contribution in [2.24, 2.45) is 0 Å². The van der Waals surface area contributed by atoms with Gasteiger partial charge >= 0.3 is 0 Å². The molecule has 1 rings (SSSR count). The van der Waals surface area contributed by atoms with Crippen LogP contribution in [0.1, 0.15) is 316 Å². The molecule has 0 aromatic rings. The number of aliphatic hydroxyl groups is 7. The van der Waals surface area contributed by atoms with Crippen molar-refractivity contribution < 1.29 is 50.0 Å². The van der Waals surface area contributed by atoms with Crippen LogP contribution < -0.4 is 5.32 Å². The summed E-state index contributed by atoms with van der Waals surface area (Å²) < 4.78 is 11.2. The summed E-state index contributed by atoms with van der Waals surface area (Å²) in [5.41, 5.74) is 0. The van der Waals surface area contributed by atoms with Gasteiger partial charge in [-0.05, 0) is 38.5 Å². The molecule has 8 N–H and O–H groups in total. The molecule has 1 aliphatic heterocycles. The SMILES string of the molecule is CCCCCCCCCCCCCCCCC/C=C/CCCC(O)C(O)C(COC1OC(CO)C(O)C(O)C1O)NC(=O)C(O)CCCCCCCCCCCCCCCCCCCCCCCCCCCCC. The lowest BCUT2D eigenvalue weighted by molar-refractivity contribution is -0.303. The van der Waals surface area contributed by atoms with Crippen LogP contribution in [0.15, 0.2) is 12.2 Å². The van der Waals surface area contributed by atoms with Crippen LogP contribution >= 0.6 is 0 Å². The molecule has 1 saturated heterocycles. The van der Waals surface area contributed by atoms with Gasteiger partial charge in [-0.3, -0.25) is 4.79 Å². The van der Waals surface area contributed by atoms with Crippen molar-refractivity contribution in [2.75, 3.05) is 13.2 Å². The molecule has 74 heavy (non-hydrogen) atoms. The fourth-order valence-corrected chi connectivity index (χ4v) is 10.6. The van der Waals surface area contributed by atoms with Gasteiger partial charge in [0.05, 0.1) is 25.4 Å². The molecule has 440 valence electrons. The van der Waals surface area contributed by atoms with Crippen molar-refractivity contribution in [1.29, 1.82) is 0 Å². The van der Waals surface area contributed by atoms with E-state index in [-0.39, 0.29) is 12.8 Å². The number of unbranched alkanes of at least 4 members (excludes halogenated alkanes) is 42. The number of amides is 1. The first kappa shape index (κ1) is 70.9. The van der Waals surface area contributed by atoms with E-state index in [0.29, 0.717) is 12.8 Å². The molecule has 0 aliphatic carbocycles. The zero-order valence-corrected chi connectivity index (χ0v) is 48.4. The molecule has 11 heteroatoms. The van der Waals surface area contributed by atoms with Crippen LogP contribution in [0.4, 0.5) is 0 Å². The second-order valence-electron chi connectivity index (χ2n) is 22.8. The zero-order chi connectivity index (χ0) is 54.0. The molecule has 1 amide bonds. The van der Waals surface area contributed by atoms with Gasteiger partial charge in [0.1, 0.15) is 36.6 Å². The van der Waals surface area contributed by atoms with Crippen LogP contribution in [0, 0.1) is 0 Å². The van der Waals surface area contributed by atoms with Gasteiger partial charge in [0, 0.05) is 0 Å². The highest BCUT2D eigenvalue weighted by atomic mass is 16.7. The second-order valence-corrected chi connectivity index (χ2v) is 22.8. The van der Waals surface area contributed by atoms with Crippen LogP contribution in [0.3, 0.4) is 0 Å². The highest BCUT2D eigenvalue weighted by Gasteiger charge is 2.44. The lowest BCUT2D eigenvalue weighted by Gasteiger charge is -2.40. The second kappa shape index (κ2) is 52.5. The molecule has 1 aliphatic rings. The first-order valence-corrected chi connectivity index (χ1v) is 32.1. The van der Waals surface area contributed by atoms with E-state index in [1.807, 2.05) is 0 Å². The smallest absolute Gasteiger partial charge is 0.249 e. The largest absolute Gasteiger partial charge is 0.394 e. The molecule has 9 unspecified atom stereocenters. The summed E-state index contributed by atoms with van der Waals surface area (Å²) in [5, 5.41) is 76.3. The molecule has 0 aromatic heterocycles. The Morgan fingerprint density at radius 2 is 0.797 bits per heavy atom. The van der Waals surface area contributed by atoms with E-state index in [2.05, 4.69) is 31.3 Å². The average molecular weight is 1050 g/mol. The average Bonchev–Trinajstić information content (AvgIpc) is 3.40. The van der Waals surface area contributed by atoms with E-state index in [9.17, 15) is 40.5 Å². The fourth-order valence-electron chi connectivity index (χ4n) is 10.6. The number of carbonyl (C=O) groups excluding carboxylic acids is 1. The molecule has 1 heterocycles. The van der Waals surface area contributed by atoms with Gasteiger partial charge in [-0.25, -0.2) is 0 Å². The van der Waals surface area contributed by atoms with Gasteiger partial charge in [0.25, 0.3) is 0 Å². The zero-order valence-electron chi connectivity index (χ0n) is 48.4. The number of rotatable bonds is 56. The standard InChI is InChI=1S/C63H123NO10/c1-3-5-7-9-11-13-15-17-19-21-23-25-26-27-28-29-30-31-33-35-37-39-41-43-45-47-49-51-56(67)62(72)64-54(53-73-63-61(71)60(70)59(69)57(52-65)74-63)58(68)55(66)50-48-46-44-42-40-38-36-34-32-24-22-20-18-16-14-12-10-8-6-4-2/h42,44,54-61,63,65-71H,3-41,43,45-53H2,1-2H3,(H,64,72)/b44-42+. The molecule has 0 spiro atoms. The number of carbonyl (C=O) groups is 1. The number of aliphatic hydroxyl groups excluding tert-OH is 7. The summed E-state index contributed by atoms with van der Waals surface area (Å²) in [6.07, 6.45) is 51.4. The first-order valence-electron chi connectivity index (χ1n) is 32.1. The van der Waals surface area contributed by atoms with E-state index in [1.54, 1.807) is 0 Å². The van der Waals surface area contributed by atoms with Crippen LogP contribution in [-0.4, -0.2) is 110 Å². The van der Waals surface area contributed by atoms with Gasteiger partial charge in [-0.1, -0.05) is 289 Å². The van der Waals surface area contributed by atoms with Crippen molar-refractivity contribution in [2.45, 2.75) is 371 Å². The van der Waals surface area contributed by atoms with E-state index in [4.69, 9.17) is 9.47 Å². The Balaban J connectivity index is 2.25. The summed E-state index contributed by atoms with van der Waals surface area (Å²) in [6, 6.07) is -1.18. The summed E-state index contributed by atoms with van der Waals surface area (Å²) in [7, 11) is 0. The predicted molar refractivity (Wildman–Crippen MR) is 307 cm³/mol. The molecule has 0 saturated carbocycles. The summed E-state index contributed by atoms with van der Waals surface area (Å²) in [4.78, 5) is 13.2.